The van der Waals surface area contributed by atoms with Crippen LogP contribution in [-0.2, 0) is 0 Å². The van der Waals surface area contributed by atoms with Gasteiger partial charge in [-0.05, 0) is 18.8 Å². The SMILES string of the molecule is CCCCCCCCCCCCC(O)CC1CC1. The molecule has 1 aliphatic rings. The smallest absolute Gasteiger partial charge is 0.0542 e. The number of aliphatic hydroxyl groups excluding tert-OH is 1. The predicted octanol–water partition coefficient (Wildman–Crippen LogP) is 5.46. The van der Waals surface area contributed by atoms with Crippen molar-refractivity contribution in [3.63, 3.8) is 0 Å². The van der Waals surface area contributed by atoms with E-state index < -0.39 is 0 Å². The first kappa shape index (κ1) is 16.0. The summed E-state index contributed by atoms with van der Waals surface area (Å²) in [5, 5.41) is 9.78. The van der Waals surface area contributed by atoms with Crippen molar-refractivity contribution in [2.24, 2.45) is 5.92 Å². The second-order valence-electron chi connectivity index (χ2n) is 6.30. The Bertz CT molecular complexity index is 174. The molecule has 0 aromatic rings. The molecule has 1 aliphatic carbocycles. The van der Waals surface area contributed by atoms with Crippen LogP contribution in [-0.4, -0.2) is 11.2 Å². The van der Waals surface area contributed by atoms with Gasteiger partial charge in [0, 0.05) is 0 Å². The first-order valence-corrected chi connectivity index (χ1v) is 8.51. The van der Waals surface area contributed by atoms with E-state index in [0.717, 1.165) is 18.8 Å². The van der Waals surface area contributed by atoms with Gasteiger partial charge < -0.3 is 5.11 Å². The monoisotopic (exact) mass is 254 g/mol. The van der Waals surface area contributed by atoms with Crippen molar-refractivity contribution >= 4 is 0 Å². The molecule has 0 amide bonds. The molecule has 1 heteroatoms. The molecule has 0 radical (unpaired) electrons. The summed E-state index contributed by atoms with van der Waals surface area (Å²) in [5.74, 6) is 0.878. The van der Waals surface area contributed by atoms with Crippen LogP contribution in [0.2, 0.25) is 0 Å². The number of hydrogen-bond acceptors (Lipinski definition) is 1. The van der Waals surface area contributed by atoms with Gasteiger partial charge in [0.2, 0.25) is 0 Å². The molecule has 108 valence electrons. The van der Waals surface area contributed by atoms with Gasteiger partial charge in [0.05, 0.1) is 6.10 Å². The van der Waals surface area contributed by atoms with Crippen LogP contribution in [0.1, 0.15) is 96.8 Å². The van der Waals surface area contributed by atoms with Crippen molar-refractivity contribution in [1.29, 1.82) is 0 Å². The molecule has 0 aromatic heterocycles. The highest BCUT2D eigenvalue weighted by atomic mass is 16.3. The maximum absolute atomic E-state index is 9.78. The van der Waals surface area contributed by atoms with E-state index in [9.17, 15) is 5.11 Å². The summed E-state index contributed by atoms with van der Waals surface area (Å²) in [4.78, 5) is 0. The molecular weight excluding hydrogens is 220 g/mol. The molecule has 1 N–H and O–H groups in total. The molecule has 0 bridgehead atoms. The van der Waals surface area contributed by atoms with E-state index in [4.69, 9.17) is 0 Å². The maximum atomic E-state index is 9.78. The zero-order valence-electron chi connectivity index (χ0n) is 12.5. The van der Waals surface area contributed by atoms with E-state index in [1.807, 2.05) is 0 Å². The van der Waals surface area contributed by atoms with Gasteiger partial charge in [0.25, 0.3) is 0 Å². The van der Waals surface area contributed by atoms with Crippen LogP contribution >= 0.6 is 0 Å². The first-order valence-electron chi connectivity index (χ1n) is 8.51. The van der Waals surface area contributed by atoms with Gasteiger partial charge in [-0.15, -0.1) is 0 Å². The number of unbranched alkanes of at least 4 members (excludes halogenated alkanes) is 9. The largest absolute Gasteiger partial charge is 0.393 e. The van der Waals surface area contributed by atoms with E-state index in [0.29, 0.717) is 0 Å². The van der Waals surface area contributed by atoms with Crippen LogP contribution in [0, 0.1) is 5.92 Å². The molecule has 0 heterocycles. The Kier molecular flexibility index (Phi) is 9.65. The average molecular weight is 254 g/mol. The molecular formula is C17H34O. The van der Waals surface area contributed by atoms with Crippen LogP contribution in [0.25, 0.3) is 0 Å². The minimum absolute atomic E-state index is 0.00606. The second-order valence-corrected chi connectivity index (χ2v) is 6.30. The third-order valence-electron chi connectivity index (χ3n) is 4.19. The molecule has 1 saturated carbocycles. The lowest BCUT2D eigenvalue weighted by atomic mass is 10.0. The van der Waals surface area contributed by atoms with Crippen molar-refractivity contribution in [2.75, 3.05) is 0 Å². The standard InChI is InChI=1S/C17H34O/c1-2-3-4-5-6-7-8-9-10-11-12-17(18)15-16-13-14-16/h16-18H,2-15H2,1H3. The highest BCUT2D eigenvalue weighted by Gasteiger charge is 2.23. The van der Waals surface area contributed by atoms with Crippen molar-refractivity contribution < 1.29 is 5.11 Å². The topological polar surface area (TPSA) is 20.2 Å². The summed E-state index contributed by atoms with van der Waals surface area (Å²) in [5.41, 5.74) is 0. The van der Waals surface area contributed by atoms with Gasteiger partial charge in [0.1, 0.15) is 0 Å². The zero-order valence-corrected chi connectivity index (χ0v) is 12.5. The normalized spacial score (nSPS) is 17.0. The fraction of sp³-hybridized carbons (Fsp3) is 1.00. The Morgan fingerprint density at radius 2 is 1.33 bits per heavy atom. The highest BCUT2D eigenvalue weighted by molar-refractivity contribution is 4.76. The summed E-state index contributed by atoms with van der Waals surface area (Å²) < 4.78 is 0. The van der Waals surface area contributed by atoms with Crippen LogP contribution in [0.15, 0.2) is 0 Å². The molecule has 1 nitrogen and oxygen atoms in total. The quantitative estimate of drug-likeness (QED) is 0.433. The molecule has 18 heavy (non-hydrogen) atoms. The Morgan fingerprint density at radius 3 is 1.83 bits per heavy atom. The summed E-state index contributed by atoms with van der Waals surface area (Å²) in [6.45, 7) is 2.28. The van der Waals surface area contributed by atoms with E-state index in [-0.39, 0.29) is 6.10 Å². The van der Waals surface area contributed by atoms with Gasteiger partial charge >= 0.3 is 0 Å². The summed E-state index contributed by atoms with van der Waals surface area (Å²) >= 11 is 0. The summed E-state index contributed by atoms with van der Waals surface area (Å²) in [6.07, 6.45) is 18.7. The lowest BCUT2D eigenvalue weighted by molar-refractivity contribution is 0.144. The third kappa shape index (κ3) is 9.94. The molecule has 0 saturated heterocycles. The number of rotatable bonds is 13. The van der Waals surface area contributed by atoms with Gasteiger partial charge in [-0.2, -0.15) is 0 Å². The average Bonchev–Trinajstić information content (AvgIpc) is 3.15. The number of hydrogen-bond donors (Lipinski definition) is 1. The van der Waals surface area contributed by atoms with E-state index >= 15 is 0 Å². The van der Waals surface area contributed by atoms with Crippen molar-refractivity contribution in [3.8, 4) is 0 Å². The van der Waals surface area contributed by atoms with Crippen LogP contribution in [0.4, 0.5) is 0 Å². The van der Waals surface area contributed by atoms with Gasteiger partial charge in [-0.3, -0.25) is 0 Å². The van der Waals surface area contributed by atoms with Gasteiger partial charge in [0.15, 0.2) is 0 Å². The fourth-order valence-corrected chi connectivity index (χ4v) is 2.72. The van der Waals surface area contributed by atoms with Gasteiger partial charge in [-0.1, -0.05) is 84.0 Å². The zero-order chi connectivity index (χ0) is 13.1. The van der Waals surface area contributed by atoms with E-state index in [1.165, 1.54) is 77.0 Å². The predicted molar refractivity (Wildman–Crippen MR) is 79.8 cm³/mol. The molecule has 0 aromatic carbocycles. The van der Waals surface area contributed by atoms with Crippen LogP contribution in [0.5, 0.6) is 0 Å². The Labute approximate surface area is 114 Å². The van der Waals surface area contributed by atoms with Gasteiger partial charge in [-0.25, -0.2) is 0 Å². The molecule has 1 fully saturated rings. The molecule has 0 spiro atoms. The summed E-state index contributed by atoms with van der Waals surface area (Å²) in [6, 6.07) is 0. The Hall–Kier alpha value is -0.0400. The molecule has 0 aliphatic heterocycles. The molecule has 1 rings (SSSR count). The van der Waals surface area contributed by atoms with Crippen molar-refractivity contribution in [1.82, 2.24) is 0 Å². The second kappa shape index (κ2) is 10.8. The van der Waals surface area contributed by atoms with E-state index in [1.54, 1.807) is 0 Å². The third-order valence-corrected chi connectivity index (χ3v) is 4.19. The fourth-order valence-electron chi connectivity index (χ4n) is 2.72. The van der Waals surface area contributed by atoms with Crippen molar-refractivity contribution in [3.05, 3.63) is 0 Å². The Balaban J connectivity index is 1.70. The van der Waals surface area contributed by atoms with Crippen molar-refractivity contribution in [2.45, 2.75) is 103 Å². The minimum Gasteiger partial charge on any atom is -0.393 e. The number of aliphatic hydroxyl groups is 1. The first-order chi connectivity index (χ1) is 8.83. The Morgan fingerprint density at radius 1 is 0.833 bits per heavy atom. The van der Waals surface area contributed by atoms with Crippen LogP contribution in [0.3, 0.4) is 0 Å². The summed E-state index contributed by atoms with van der Waals surface area (Å²) in [7, 11) is 0. The lowest BCUT2D eigenvalue weighted by Crippen LogP contribution is -2.06. The highest BCUT2D eigenvalue weighted by Crippen LogP contribution is 2.34. The lowest BCUT2D eigenvalue weighted by Gasteiger charge is -2.09. The molecule has 1 atom stereocenters. The van der Waals surface area contributed by atoms with E-state index in [2.05, 4.69) is 6.92 Å². The maximum Gasteiger partial charge on any atom is 0.0542 e. The van der Waals surface area contributed by atoms with Crippen LogP contribution < -0.4 is 0 Å². The minimum atomic E-state index is 0.00606. The molecule has 1 unspecified atom stereocenters.